The van der Waals surface area contributed by atoms with Crippen molar-refractivity contribution in [3.05, 3.63) is 0 Å². The molecule has 2 fully saturated rings. The Labute approximate surface area is 175 Å². The molecule has 3 amide bonds. The number of amides is 3. The van der Waals surface area contributed by atoms with E-state index in [1.165, 1.54) is 13.5 Å². The van der Waals surface area contributed by atoms with Gasteiger partial charge in [0.25, 0.3) is 0 Å². The van der Waals surface area contributed by atoms with Gasteiger partial charge < -0.3 is 19.9 Å². The molecule has 2 aliphatic carbocycles. The highest BCUT2D eigenvalue weighted by atomic mass is 16.5. The van der Waals surface area contributed by atoms with Crippen molar-refractivity contribution in [3.63, 3.8) is 0 Å². The summed E-state index contributed by atoms with van der Waals surface area (Å²) in [6.07, 6.45) is 10.3. The third kappa shape index (κ3) is 6.61. The summed E-state index contributed by atoms with van der Waals surface area (Å²) in [7, 11) is 1.33. The fraction of sp³-hybridized carbons (Fsp3) is 0.864. The lowest BCUT2D eigenvalue weighted by molar-refractivity contribution is -0.147. The molecular formula is C22H39N3O4. The largest absolute Gasteiger partial charge is 0.469 e. The number of esters is 1. The number of hydrogen-bond donors (Lipinski definition) is 1. The second kappa shape index (κ2) is 12.0. The van der Waals surface area contributed by atoms with Gasteiger partial charge in [-0.15, -0.1) is 0 Å². The van der Waals surface area contributed by atoms with E-state index < -0.39 is 12.0 Å². The Hall–Kier alpha value is -1.79. The van der Waals surface area contributed by atoms with Crippen molar-refractivity contribution in [2.45, 2.75) is 103 Å². The van der Waals surface area contributed by atoms with Gasteiger partial charge in [0.2, 0.25) is 5.91 Å². The summed E-state index contributed by atoms with van der Waals surface area (Å²) in [6.45, 7) is 4.94. The van der Waals surface area contributed by atoms with Gasteiger partial charge in [0.05, 0.1) is 13.5 Å². The summed E-state index contributed by atoms with van der Waals surface area (Å²) < 4.78 is 4.88. The molecule has 0 aliphatic heterocycles. The lowest BCUT2D eigenvalue weighted by Gasteiger charge is -2.41. The standard InChI is InChI=1S/C22H39N3O4/c1-4-24(5-2)21(27)19(16-20(26)29-3)25(18-14-10-7-11-15-18)22(28)23-17-12-8-6-9-13-17/h17-19H,4-16H2,1-3H3,(H,23,28). The summed E-state index contributed by atoms with van der Waals surface area (Å²) in [5.41, 5.74) is 0. The van der Waals surface area contributed by atoms with E-state index in [4.69, 9.17) is 4.74 Å². The number of likely N-dealkylation sites (N-methyl/N-ethyl adjacent to an activating group) is 1. The number of ether oxygens (including phenoxy) is 1. The number of rotatable bonds is 8. The van der Waals surface area contributed by atoms with Crippen LogP contribution in [-0.4, -0.2) is 66.0 Å². The first-order valence-corrected chi connectivity index (χ1v) is 11.5. The van der Waals surface area contributed by atoms with E-state index in [9.17, 15) is 14.4 Å². The lowest BCUT2D eigenvalue weighted by Crippen LogP contribution is -2.59. The van der Waals surface area contributed by atoms with Crippen LogP contribution in [0.5, 0.6) is 0 Å². The van der Waals surface area contributed by atoms with Crippen molar-refractivity contribution in [1.82, 2.24) is 15.1 Å². The summed E-state index contributed by atoms with van der Waals surface area (Å²) in [5, 5.41) is 3.18. The molecule has 1 N–H and O–H groups in total. The zero-order valence-electron chi connectivity index (χ0n) is 18.5. The molecule has 1 unspecified atom stereocenters. The van der Waals surface area contributed by atoms with Gasteiger partial charge in [-0.25, -0.2) is 4.79 Å². The Morgan fingerprint density at radius 2 is 1.48 bits per heavy atom. The van der Waals surface area contributed by atoms with E-state index in [0.717, 1.165) is 57.8 Å². The molecule has 0 aromatic heterocycles. The van der Waals surface area contributed by atoms with Gasteiger partial charge in [0, 0.05) is 25.2 Å². The number of nitrogens with zero attached hydrogens (tertiary/aromatic N) is 2. The second-order valence-corrected chi connectivity index (χ2v) is 8.29. The van der Waals surface area contributed by atoms with Crippen molar-refractivity contribution in [2.24, 2.45) is 0 Å². The summed E-state index contributed by atoms with van der Waals surface area (Å²) in [6, 6.07) is -0.863. The fourth-order valence-corrected chi connectivity index (χ4v) is 4.71. The summed E-state index contributed by atoms with van der Waals surface area (Å²) in [4.78, 5) is 42.3. The SMILES string of the molecule is CCN(CC)C(=O)C(CC(=O)OC)N(C(=O)NC1CCCCC1)C1CCCCC1. The molecule has 0 aromatic rings. The predicted molar refractivity (Wildman–Crippen MR) is 112 cm³/mol. The average Bonchev–Trinajstić information content (AvgIpc) is 2.75. The van der Waals surface area contributed by atoms with E-state index in [-0.39, 0.29) is 30.4 Å². The van der Waals surface area contributed by atoms with Crippen LogP contribution in [0.15, 0.2) is 0 Å². The van der Waals surface area contributed by atoms with Crippen molar-refractivity contribution in [3.8, 4) is 0 Å². The molecule has 29 heavy (non-hydrogen) atoms. The minimum atomic E-state index is -0.811. The van der Waals surface area contributed by atoms with Crippen LogP contribution in [0.1, 0.15) is 84.5 Å². The maximum atomic E-state index is 13.4. The van der Waals surface area contributed by atoms with Gasteiger partial charge >= 0.3 is 12.0 Å². The molecule has 2 aliphatic rings. The highest BCUT2D eigenvalue weighted by molar-refractivity contribution is 5.91. The van der Waals surface area contributed by atoms with Crippen LogP contribution in [0.25, 0.3) is 0 Å². The van der Waals surface area contributed by atoms with Crippen molar-refractivity contribution < 1.29 is 19.1 Å². The molecule has 0 saturated heterocycles. The molecule has 0 spiro atoms. The number of urea groups is 1. The molecule has 0 heterocycles. The summed E-state index contributed by atoms with van der Waals surface area (Å²) >= 11 is 0. The maximum absolute atomic E-state index is 13.4. The number of nitrogens with one attached hydrogen (secondary N) is 1. The molecular weight excluding hydrogens is 370 g/mol. The van der Waals surface area contributed by atoms with Crippen LogP contribution in [0.4, 0.5) is 4.79 Å². The van der Waals surface area contributed by atoms with Crippen LogP contribution < -0.4 is 5.32 Å². The number of hydrogen-bond acceptors (Lipinski definition) is 4. The van der Waals surface area contributed by atoms with E-state index in [1.807, 2.05) is 13.8 Å². The summed E-state index contributed by atoms with van der Waals surface area (Å²) in [5.74, 6) is -0.619. The van der Waals surface area contributed by atoms with Crippen LogP contribution in [0.2, 0.25) is 0 Å². The van der Waals surface area contributed by atoms with Crippen molar-refractivity contribution >= 4 is 17.9 Å². The zero-order chi connectivity index (χ0) is 21.2. The zero-order valence-corrected chi connectivity index (χ0v) is 18.5. The molecule has 7 nitrogen and oxygen atoms in total. The quantitative estimate of drug-likeness (QED) is 0.623. The predicted octanol–water partition coefficient (Wildman–Crippen LogP) is 3.46. The van der Waals surface area contributed by atoms with Crippen LogP contribution >= 0.6 is 0 Å². The normalized spacial score (nSPS) is 19.3. The highest BCUT2D eigenvalue weighted by Crippen LogP contribution is 2.27. The first-order valence-electron chi connectivity index (χ1n) is 11.5. The number of carbonyl (C=O) groups excluding carboxylic acids is 3. The van der Waals surface area contributed by atoms with Crippen molar-refractivity contribution in [2.75, 3.05) is 20.2 Å². The third-order valence-electron chi connectivity index (χ3n) is 6.42. The van der Waals surface area contributed by atoms with Crippen LogP contribution in [-0.2, 0) is 14.3 Å². The number of methoxy groups -OCH3 is 1. The topological polar surface area (TPSA) is 79.0 Å². The minimum absolute atomic E-state index is 0.0125. The van der Waals surface area contributed by atoms with Gasteiger partial charge in [-0.05, 0) is 39.5 Å². The van der Waals surface area contributed by atoms with E-state index >= 15 is 0 Å². The van der Waals surface area contributed by atoms with Gasteiger partial charge in [-0.2, -0.15) is 0 Å². The first kappa shape index (κ1) is 23.5. The lowest BCUT2D eigenvalue weighted by atomic mass is 9.92. The molecule has 2 rings (SSSR count). The van der Waals surface area contributed by atoms with E-state index in [2.05, 4.69) is 5.32 Å². The van der Waals surface area contributed by atoms with Crippen LogP contribution in [0, 0.1) is 0 Å². The Kier molecular flexibility index (Phi) is 9.74. The van der Waals surface area contributed by atoms with Gasteiger partial charge in [0.1, 0.15) is 6.04 Å². The second-order valence-electron chi connectivity index (χ2n) is 8.29. The molecule has 0 bridgehead atoms. The van der Waals surface area contributed by atoms with Gasteiger partial charge in [-0.3, -0.25) is 9.59 Å². The monoisotopic (exact) mass is 409 g/mol. The molecule has 2 saturated carbocycles. The third-order valence-corrected chi connectivity index (χ3v) is 6.42. The van der Waals surface area contributed by atoms with E-state index in [0.29, 0.717) is 13.1 Å². The number of carbonyl (C=O) groups is 3. The highest BCUT2D eigenvalue weighted by Gasteiger charge is 2.39. The van der Waals surface area contributed by atoms with Gasteiger partial charge in [0.15, 0.2) is 0 Å². The molecule has 166 valence electrons. The Morgan fingerprint density at radius 3 is 2.00 bits per heavy atom. The van der Waals surface area contributed by atoms with Crippen LogP contribution in [0.3, 0.4) is 0 Å². The Balaban J connectivity index is 2.29. The fourth-order valence-electron chi connectivity index (χ4n) is 4.71. The average molecular weight is 410 g/mol. The first-order chi connectivity index (χ1) is 14.0. The maximum Gasteiger partial charge on any atom is 0.318 e. The Bertz CT molecular complexity index is 538. The smallest absolute Gasteiger partial charge is 0.318 e. The van der Waals surface area contributed by atoms with Crippen molar-refractivity contribution in [1.29, 1.82) is 0 Å². The molecule has 7 heteroatoms. The Morgan fingerprint density at radius 1 is 0.931 bits per heavy atom. The molecule has 0 radical (unpaired) electrons. The minimum Gasteiger partial charge on any atom is -0.469 e. The van der Waals surface area contributed by atoms with Gasteiger partial charge in [-0.1, -0.05) is 38.5 Å². The van der Waals surface area contributed by atoms with E-state index in [1.54, 1.807) is 9.80 Å². The molecule has 0 aromatic carbocycles. The molecule has 1 atom stereocenters.